The summed E-state index contributed by atoms with van der Waals surface area (Å²) in [5, 5.41) is 5.93. The van der Waals surface area contributed by atoms with E-state index in [1.54, 1.807) is 48.5 Å². The molecule has 0 aromatic heterocycles. The van der Waals surface area contributed by atoms with Gasteiger partial charge in [0.05, 0.1) is 0 Å². The Bertz CT molecular complexity index is 660. The average molecular weight is 306 g/mol. The lowest BCUT2D eigenvalue weighted by Crippen LogP contribution is -2.19. The van der Waals surface area contributed by atoms with Crippen LogP contribution in [-0.4, -0.2) is 11.0 Å². The van der Waals surface area contributed by atoms with Gasteiger partial charge in [-0.1, -0.05) is 42.0 Å². The average Bonchev–Trinajstić information content (AvgIpc) is 2.38. The molecule has 0 heterocycles. The minimum atomic E-state index is -0.368. The molecule has 0 aliphatic rings. The van der Waals surface area contributed by atoms with Gasteiger partial charge in [-0.15, -0.1) is 0 Å². The molecule has 0 bridgehead atoms. The Morgan fingerprint density at radius 2 is 1.65 bits per heavy atom. The molecule has 0 aliphatic carbocycles. The second-order valence-corrected chi connectivity index (χ2v) is 4.91. The molecule has 0 saturated carbocycles. The number of nitrogens with two attached hydrogens (primary N) is 1. The first-order chi connectivity index (χ1) is 9.54. The van der Waals surface area contributed by atoms with Gasteiger partial charge in [0.15, 0.2) is 0 Å². The van der Waals surface area contributed by atoms with Crippen molar-refractivity contribution in [1.82, 2.24) is 0 Å². The van der Waals surface area contributed by atoms with Gasteiger partial charge in [-0.25, -0.2) is 4.79 Å². The summed E-state index contributed by atoms with van der Waals surface area (Å²) in [7, 11) is 0. The van der Waals surface area contributed by atoms with Crippen molar-refractivity contribution in [2.45, 2.75) is 0 Å². The molecule has 6 heteroatoms. The number of urea groups is 1. The Labute approximate surface area is 126 Å². The first kappa shape index (κ1) is 14.3. The van der Waals surface area contributed by atoms with Crippen molar-refractivity contribution >= 4 is 46.2 Å². The SMILES string of the molecule is NC(=S)c1cccc(NC(=O)Nc2cccc(Cl)c2)c1. The summed E-state index contributed by atoms with van der Waals surface area (Å²) >= 11 is 10.7. The zero-order valence-electron chi connectivity index (χ0n) is 10.4. The molecule has 0 spiro atoms. The maximum absolute atomic E-state index is 11.8. The minimum Gasteiger partial charge on any atom is -0.389 e. The third-order valence-corrected chi connectivity index (χ3v) is 2.96. The van der Waals surface area contributed by atoms with E-state index < -0.39 is 0 Å². The van der Waals surface area contributed by atoms with E-state index in [0.29, 0.717) is 22.0 Å². The maximum Gasteiger partial charge on any atom is 0.323 e. The van der Waals surface area contributed by atoms with Crippen LogP contribution in [0.5, 0.6) is 0 Å². The van der Waals surface area contributed by atoms with Crippen LogP contribution in [0.1, 0.15) is 5.56 Å². The highest BCUT2D eigenvalue weighted by atomic mass is 35.5. The van der Waals surface area contributed by atoms with Gasteiger partial charge in [-0.3, -0.25) is 0 Å². The molecule has 102 valence electrons. The van der Waals surface area contributed by atoms with Crippen molar-refractivity contribution in [2.75, 3.05) is 10.6 Å². The first-order valence-electron chi connectivity index (χ1n) is 5.78. The van der Waals surface area contributed by atoms with Crippen molar-refractivity contribution in [3.05, 3.63) is 59.1 Å². The van der Waals surface area contributed by atoms with Crippen LogP contribution in [0.25, 0.3) is 0 Å². The van der Waals surface area contributed by atoms with Gasteiger partial charge in [0, 0.05) is 22.0 Å². The Balaban J connectivity index is 2.04. The molecule has 0 saturated heterocycles. The van der Waals surface area contributed by atoms with Crippen molar-refractivity contribution in [2.24, 2.45) is 5.73 Å². The van der Waals surface area contributed by atoms with Crippen LogP contribution in [-0.2, 0) is 0 Å². The van der Waals surface area contributed by atoms with Gasteiger partial charge in [0.1, 0.15) is 4.99 Å². The zero-order valence-corrected chi connectivity index (χ0v) is 12.0. The molecular weight excluding hydrogens is 294 g/mol. The highest BCUT2D eigenvalue weighted by molar-refractivity contribution is 7.80. The number of halogens is 1. The van der Waals surface area contributed by atoms with E-state index in [2.05, 4.69) is 10.6 Å². The van der Waals surface area contributed by atoms with E-state index in [4.69, 9.17) is 29.6 Å². The number of thiocarbonyl (C=S) groups is 1. The van der Waals surface area contributed by atoms with Crippen LogP contribution >= 0.6 is 23.8 Å². The molecule has 2 aromatic carbocycles. The second kappa shape index (κ2) is 6.36. The summed E-state index contributed by atoms with van der Waals surface area (Å²) in [5.41, 5.74) is 7.45. The molecule has 0 atom stereocenters. The Morgan fingerprint density at radius 3 is 2.25 bits per heavy atom. The van der Waals surface area contributed by atoms with Crippen LogP contribution in [0, 0.1) is 0 Å². The lowest BCUT2D eigenvalue weighted by Gasteiger charge is -2.09. The lowest BCUT2D eigenvalue weighted by atomic mass is 10.2. The van der Waals surface area contributed by atoms with Gasteiger partial charge in [-0.05, 0) is 30.3 Å². The molecular formula is C14H12ClN3OS. The van der Waals surface area contributed by atoms with E-state index in [-0.39, 0.29) is 11.0 Å². The maximum atomic E-state index is 11.8. The molecule has 0 aliphatic heterocycles. The summed E-state index contributed by atoms with van der Waals surface area (Å²) in [5.74, 6) is 0. The van der Waals surface area contributed by atoms with Gasteiger partial charge >= 0.3 is 6.03 Å². The molecule has 2 amide bonds. The quantitative estimate of drug-likeness (QED) is 0.759. The predicted molar refractivity (Wildman–Crippen MR) is 86.4 cm³/mol. The number of rotatable bonds is 3. The van der Waals surface area contributed by atoms with Crippen LogP contribution in [0.2, 0.25) is 5.02 Å². The summed E-state index contributed by atoms with van der Waals surface area (Å²) in [4.78, 5) is 12.1. The number of benzene rings is 2. The number of carbonyl (C=O) groups excluding carboxylic acids is 1. The Morgan fingerprint density at radius 1 is 1.05 bits per heavy atom. The number of carbonyl (C=O) groups is 1. The Hall–Kier alpha value is -2.11. The van der Waals surface area contributed by atoms with Gasteiger partial charge in [0.2, 0.25) is 0 Å². The number of nitrogens with one attached hydrogen (secondary N) is 2. The van der Waals surface area contributed by atoms with E-state index in [1.807, 2.05) is 0 Å². The van der Waals surface area contributed by atoms with Gasteiger partial charge < -0.3 is 16.4 Å². The summed E-state index contributed by atoms with van der Waals surface area (Å²) in [6.45, 7) is 0. The summed E-state index contributed by atoms with van der Waals surface area (Å²) in [6.07, 6.45) is 0. The minimum absolute atomic E-state index is 0.281. The highest BCUT2D eigenvalue weighted by Crippen LogP contribution is 2.16. The summed E-state index contributed by atoms with van der Waals surface area (Å²) in [6, 6.07) is 13.5. The molecule has 0 fully saturated rings. The predicted octanol–water partition coefficient (Wildman–Crippen LogP) is 3.62. The van der Waals surface area contributed by atoms with Crippen molar-refractivity contribution in [3.8, 4) is 0 Å². The third-order valence-electron chi connectivity index (χ3n) is 2.49. The fourth-order valence-corrected chi connectivity index (χ4v) is 1.93. The van der Waals surface area contributed by atoms with Crippen LogP contribution < -0.4 is 16.4 Å². The van der Waals surface area contributed by atoms with Gasteiger partial charge in [0.25, 0.3) is 0 Å². The van der Waals surface area contributed by atoms with Gasteiger partial charge in [-0.2, -0.15) is 0 Å². The third kappa shape index (κ3) is 3.94. The van der Waals surface area contributed by atoms with E-state index in [9.17, 15) is 4.79 Å². The number of amides is 2. The van der Waals surface area contributed by atoms with Crippen LogP contribution in [0.3, 0.4) is 0 Å². The number of anilines is 2. The molecule has 2 aromatic rings. The summed E-state index contributed by atoms with van der Waals surface area (Å²) < 4.78 is 0. The molecule has 0 unspecified atom stereocenters. The van der Waals surface area contributed by atoms with Crippen LogP contribution in [0.15, 0.2) is 48.5 Å². The molecule has 20 heavy (non-hydrogen) atoms. The molecule has 0 radical (unpaired) electrons. The first-order valence-corrected chi connectivity index (χ1v) is 6.56. The normalized spacial score (nSPS) is 9.85. The van der Waals surface area contributed by atoms with Crippen molar-refractivity contribution < 1.29 is 4.79 Å². The number of hydrogen-bond donors (Lipinski definition) is 3. The zero-order chi connectivity index (χ0) is 14.5. The lowest BCUT2D eigenvalue weighted by molar-refractivity contribution is 0.262. The highest BCUT2D eigenvalue weighted by Gasteiger charge is 2.04. The van der Waals surface area contributed by atoms with E-state index in [1.165, 1.54) is 0 Å². The molecule has 2 rings (SSSR count). The fraction of sp³-hybridized carbons (Fsp3) is 0. The van der Waals surface area contributed by atoms with Crippen LogP contribution in [0.4, 0.5) is 16.2 Å². The monoisotopic (exact) mass is 305 g/mol. The largest absolute Gasteiger partial charge is 0.389 e. The smallest absolute Gasteiger partial charge is 0.323 e. The van der Waals surface area contributed by atoms with Crippen molar-refractivity contribution in [1.29, 1.82) is 0 Å². The standard InChI is InChI=1S/C14H12ClN3OS/c15-10-4-2-6-12(8-10)18-14(19)17-11-5-1-3-9(7-11)13(16)20/h1-8H,(H2,16,20)(H2,17,18,19). The molecule has 4 nitrogen and oxygen atoms in total. The molecule has 4 N–H and O–H groups in total. The number of hydrogen-bond acceptors (Lipinski definition) is 2. The van der Waals surface area contributed by atoms with E-state index in [0.717, 1.165) is 0 Å². The Kier molecular flexibility index (Phi) is 4.55. The van der Waals surface area contributed by atoms with E-state index >= 15 is 0 Å². The topological polar surface area (TPSA) is 67.1 Å². The van der Waals surface area contributed by atoms with Crippen molar-refractivity contribution in [3.63, 3.8) is 0 Å². The second-order valence-electron chi connectivity index (χ2n) is 4.03. The fourth-order valence-electron chi connectivity index (χ4n) is 1.61.